The lowest BCUT2D eigenvalue weighted by Gasteiger charge is -2.35. The molecule has 1 saturated heterocycles. The first-order chi connectivity index (χ1) is 13.0. The van der Waals surface area contributed by atoms with Gasteiger partial charge in [0, 0.05) is 38.3 Å². The Balaban J connectivity index is 1.39. The molecule has 1 aliphatic heterocycles. The first-order valence-electron chi connectivity index (χ1n) is 9.00. The summed E-state index contributed by atoms with van der Waals surface area (Å²) >= 11 is 0. The number of β-amino-alcohol motifs (C(OH)–C–C–N with tert-alkyl or cyclic N) is 1. The molecule has 1 N–H and O–H groups in total. The second kappa shape index (κ2) is 8.83. The van der Waals surface area contributed by atoms with Gasteiger partial charge in [0.15, 0.2) is 11.5 Å². The van der Waals surface area contributed by atoms with Gasteiger partial charge in [0.2, 0.25) is 0 Å². The Morgan fingerprint density at radius 1 is 1.15 bits per heavy atom. The lowest BCUT2D eigenvalue weighted by atomic mass is 10.1. The number of ketones is 1. The number of piperazine rings is 1. The van der Waals surface area contributed by atoms with E-state index in [1.54, 1.807) is 41.3 Å². The predicted molar refractivity (Wildman–Crippen MR) is 99.0 cm³/mol. The third kappa shape index (κ3) is 5.18. The molecule has 1 atom stereocenters. The minimum Gasteiger partial charge on any atom is -0.491 e. The number of rotatable bonds is 7. The number of hydrogen-bond donors (Lipinski definition) is 1. The summed E-state index contributed by atoms with van der Waals surface area (Å²) < 4.78 is 10.7. The fraction of sp³-hybridized carbons (Fsp3) is 0.400. The van der Waals surface area contributed by atoms with Crippen molar-refractivity contribution in [3.05, 3.63) is 54.0 Å². The molecule has 1 fully saturated rings. The zero-order valence-electron chi connectivity index (χ0n) is 15.3. The standard InChI is InChI=1S/C20H24N2O5/c1-15(23)16-4-6-18(7-5-16)27-14-17(24)13-21-8-10-22(11-9-21)20(25)19-3-2-12-26-19/h2-7,12,17,24H,8-11,13-14H2,1H3/t17-/m1/s1. The minimum absolute atomic E-state index is 0.00579. The molecule has 27 heavy (non-hydrogen) atoms. The number of ether oxygens (including phenoxy) is 1. The molecule has 1 aromatic heterocycles. The average molecular weight is 372 g/mol. The maximum Gasteiger partial charge on any atom is 0.289 e. The van der Waals surface area contributed by atoms with Gasteiger partial charge in [0.05, 0.1) is 6.26 Å². The van der Waals surface area contributed by atoms with E-state index in [-0.39, 0.29) is 18.3 Å². The molecule has 2 aromatic rings. The number of benzene rings is 1. The maximum atomic E-state index is 12.2. The van der Waals surface area contributed by atoms with Crippen molar-refractivity contribution in [2.45, 2.75) is 13.0 Å². The smallest absolute Gasteiger partial charge is 0.289 e. The number of hydrogen-bond acceptors (Lipinski definition) is 6. The van der Waals surface area contributed by atoms with E-state index in [4.69, 9.17) is 9.15 Å². The number of Topliss-reactive ketones (excluding diaryl/α,β-unsaturated/α-hetero) is 1. The van der Waals surface area contributed by atoms with Crippen LogP contribution in [-0.4, -0.2) is 72.0 Å². The fourth-order valence-electron chi connectivity index (χ4n) is 3.02. The number of furan rings is 1. The van der Waals surface area contributed by atoms with Gasteiger partial charge >= 0.3 is 0 Å². The maximum absolute atomic E-state index is 12.2. The molecule has 0 bridgehead atoms. The van der Waals surface area contributed by atoms with Crippen molar-refractivity contribution in [1.82, 2.24) is 9.80 Å². The van der Waals surface area contributed by atoms with Crippen molar-refractivity contribution < 1.29 is 23.8 Å². The van der Waals surface area contributed by atoms with Crippen molar-refractivity contribution >= 4 is 11.7 Å². The van der Waals surface area contributed by atoms with E-state index in [9.17, 15) is 14.7 Å². The Bertz CT molecular complexity index is 749. The summed E-state index contributed by atoms with van der Waals surface area (Å²) in [4.78, 5) is 27.4. The lowest BCUT2D eigenvalue weighted by molar-refractivity contribution is 0.0389. The van der Waals surface area contributed by atoms with E-state index >= 15 is 0 Å². The molecule has 0 aliphatic carbocycles. The lowest BCUT2D eigenvalue weighted by Crippen LogP contribution is -2.50. The molecular formula is C20H24N2O5. The van der Waals surface area contributed by atoms with Gasteiger partial charge in [-0.05, 0) is 43.3 Å². The molecule has 7 heteroatoms. The number of nitrogens with zero attached hydrogens (tertiary/aromatic N) is 2. The van der Waals surface area contributed by atoms with Gasteiger partial charge in [0.25, 0.3) is 5.91 Å². The van der Waals surface area contributed by atoms with E-state index in [2.05, 4.69) is 4.90 Å². The number of carbonyl (C=O) groups excluding carboxylic acids is 2. The summed E-state index contributed by atoms with van der Waals surface area (Å²) in [5.74, 6) is 0.879. The van der Waals surface area contributed by atoms with Gasteiger partial charge in [-0.15, -0.1) is 0 Å². The molecule has 3 rings (SSSR count). The number of carbonyl (C=O) groups is 2. The molecule has 7 nitrogen and oxygen atoms in total. The summed E-state index contributed by atoms with van der Waals surface area (Å²) in [5.41, 5.74) is 0.630. The first-order valence-corrected chi connectivity index (χ1v) is 9.00. The molecular weight excluding hydrogens is 348 g/mol. The van der Waals surface area contributed by atoms with Crippen LogP contribution in [0.25, 0.3) is 0 Å². The Labute approximate surface area is 158 Å². The van der Waals surface area contributed by atoms with Crippen LogP contribution in [0.1, 0.15) is 27.8 Å². The summed E-state index contributed by atoms with van der Waals surface area (Å²) in [6.07, 6.45) is 0.859. The van der Waals surface area contributed by atoms with Gasteiger partial charge in [-0.3, -0.25) is 14.5 Å². The van der Waals surface area contributed by atoms with E-state index in [0.29, 0.717) is 49.8 Å². The second-order valence-corrected chi connectivity index (χ2v) is 6.62. The third-order valence-corrected chi connectivity index (χ3v) is 4.56. The van der Waals surface area contributed by atoms with Crippen LogP contribution in [0.4, 0.5) is 0 Å². The van der Waals surface area contributed by atoms with E-state index in [1.807, 2.05) is 0 Å². The molecule has 0 saturated carbocycles. The van der Waals surface area contributed by atoms with Gasteiger partial charge in [-0.1, -0.05) is 0 Å². The Morgan fingerprint density at radius 2 is 1.85 bits per heavy atom. The molecule has 0 radical (unpaired) electrons. The Morgan fingerprint density at radius 3 is 2.44 bits per heavy atom. The van der Waals surface area contributed by atoms with Crippen molar-refractivity contribution in [3.8, 4) is 5.75 Å². The van der Waals surface area contributed by atoms with Crippen molar-refractivity contribution in [2.24, 2.45) is 0 Å². The molecule has 2 heterocycles. The zero-order valence-corrected chi connectivity index (χ0v) is 15.3. The van der Waals surface area contributed by atoms with Crippen LogP contribution < -0.4 is 4.74 Å². The van der Waals surface area contributed by atoms with Gasteiger partial charge in [-0.25, -0.2) is 0 Å². The molecule has 0 spiro atoms. The molecule has 0 unspecified atom stereocenters. The monoisotopic (exact) mass is 372 g/mol. The minimum atomic E-state index is -0.634. The van der Waals surface area contributed by atoms with E-state index in [0.717, 1.165) is 0 Å². The highest BCUT2D eigenvalue weighted by Crippen LogP contribution is 2.14. The molecule has 1 aliphatic rings. The van der Waals surface area contributed by atoms with Gasteiger partial charge in [0.1, 0.15) is 18.5 Å². The summed E-state index contributed by atoms with van der Waals surface area (Å²) in [6.45, 7) is 4.74. The Hall–Kier alpha value is -2.64. The van der Waals surface area contributed by atoms with E-state index in [1.165, 1.54) is 13.2 Å². The number of amides is 1. The summed E-state index contributed by atoms with van der Waals surface area (Å²) in [6, 6.07) is 10.2. The topological polar surface area (TPSA) is 83.2 Å². The second-order valence-electron chi connectivity index (χ2n) is 6.62. The Kier molecular flexibility index (Phi) is 6.26. The fourth-order valence-corrected chi connectivity index (χ4v) is 3.02. The highest BCUT2D eigenvalue weighted by Gasteiger charge is 2.24. The third-order valence-electron chi connectivity index (χ3n) is 4.56. The van der Waals surface area contributed by atoms with Crippen LogP contribution in [0.2, 0.25) is 0 Å². The van der Waals surface area contributed by atoms with Crippen molar-refractivity contribution in [1.29, 1.82) is 0 Å². The van der Waals surface area contributed by atoms with Gasteiger partial charge in [-0.2, -0.15) is 0 Å². The number of aliphatic hydroxyl groups is 1. The average Bonchev–Trinajstić information content (AvgIpc) is 3.21. The quantitative estimate of drug-likeness (QED) is 0.745. The van der Waals surface area contributed by atoms with Crippen LogP contribution in [0.15, 0.2) is 47.1 Å². The zero-order chi connectivity index (χ0) is 19.2. The summed E-state index contributed by atoms with van der Waals surface area (Å²) in [7, 11) is 0. The molecule has 144 valence electrons. The molecule has 1 aromatic carbocycles. The van der Waals surface area contributed by atoms with Crippen LogP contribution in [0, 0.1) is 0 Å². The van der Waals surface area contributed by atoms with Crippen LogP contribution in [-0.2, 0) is 0 Å². The normalized spacial score (nSPS) is 16.1. The van der Waals surface area contributed by atoms with E-state index < -0.39 is 6.10 Å². The largest absolute Gasteiger partial charge is 0.491 e. The predicted octanol–water partition coefficient (Wildman–Crippen LogP) is 1.68. The van der Waals surface area contributed by atoms with Crippen molar-refractivity contribution in [3.63, 3.8) is 0 Å². The highest BCUT2D eigenvalue weighted by molar-refractivity contribution is 5.94. The number of aliphatic hydroxyl groups excluding tert-OH is 1. The first kappa shape index (κ1) is 19.1. The van der Waals surface area contributed by atoms with Gasteiger partial charge < -0.3 is 19.2 Å². The van der Waals surface area contributed by atoms with Crippen LogP contribution in [0.5, 0.6) is 5.75 Å². The van der Waals surface area contributed by atoms with Crippen LogP contribution in [0.3, 0.4) is 0 Å². The molecule has 1 amide bonds. The van der Waals surface area contributed by atoms with Crippen molar-refractivity contribution in [2.75, 3.05) is 39.3 Å². The summed E-state index contributed by atoms with van der Waals surface area (Å²) in [5, 5.41) is 10.2. The van der Waals surface area contributed by atoms with Crippen LogP contribution >= 0.6 is 0 Å². The SMILES string of the molecule is CC(=O)c1ccc(OC[C@H](O)CN2CCN(C(=O)c3ccco3)CC2)cc1. The highest BCUT2D eigenvalue weighted by atomic mass is 16.5.